The lowest BCUT2D eigenvalue weighted by Gasteiger charge is -2.16. The minimum Gasteiger partial charge on any atom is -0.488 e. The maximum Gasteiger partial charge on any atom is 0.191 e. The lowest BCUT2D eigenvalue weighted by atomic mass is 10.3. The van der Waals surface area contributed by atoms with Gasteiger partial charge in [0.15, 0.2) is 6.29 Å². The molecule has 0 heterocycles. The molecule has 0 aliphatic rings. The fourth-order valence-electron chi connectivity index (χ4n) is 0.958. The third kappa shape index (κ3) is 16.9. The topological polar surface area (TPSA) is 27.7 Å². The van der Waals surface area contributed by atoms with Crippen LogP contribution in [-0.4, -0.2) is 26.6 Å². The van der Waals surface area contributed by atoms with E-state index in [1.165, 1.54) is 5.57 Å². The van der Waals surface area contributed by atoms with Gasteiger partial charge < -0.3 is 14.2 Å². The third-order valence-electron chi connectivity index (χ3n) is 1.78. The molecule has 0 bridgehead atoms. The first-order valence-corrected chi connectivity index (χ1v) is 7.38. The van der Waals surface area contributed by atoms with Crippen LogP contribution in [0.2, 0.25) is 0 Å². The molecule has 0 rings (SSSR count). The smallest absolute Gasteiger partial charge is 0.191 e. The Hall–Kier alpha value is -1.06. The van der Waals surface area contributed by atoms with Crippen LogP contribution in [0.25, 0.3) is 0 Å². The minimum atomic E-state index is -0.333. The molecule has 0 aromatic rings. The lowest BCUT2D eigenvalue weighted by Crippen LogP contribution is -2.21. The summed E-state index contributed by atoms with van der Waals surface area (Å²) in [7, 11) is 1.59. The predicted octanol–water partition coefficient (Wildman–Crippen LogP) is 5.10. The molecule has 0 N–H and O–H groups in total. The predicted molar refractivity (Wildman–Crippen MR) is 88.8 cm³/mol. The van der Waals surface area contributed by atoms with E-state index >= 15 is 0 Å². The fraction of sp³-hybridized carbons (Fsp3) is 0.647. The molecule has 0 fully saturated rings. The lowest BCUT2D eigenvalue weighted by molar-refractivity contribution is -0.145. The summed E-state index contributed by atoms with van der Waals surface area (Å²) < 4.78 is 15.9. The Bertz CT molecular complexity index is 251. The van der Waals surface area contributed by atoms with Gasteiger partial charge in [0.1, 0.15) is 12.4 Å². The first kappa shape index (κ1) is 24.0. The highest BCUT2D eigenvalue weighted by atomic mass is 16.7. The fourth-order valence-corrected chi connectivity index (χ4v) is 0.958. The Morgan fingerprint density at radius 1 is 1.10 bits per heavy atom. The van der Waals surface area contributed by atoms with E-state index in [0.717, 1.165) is 0 Å². The first-order chi connectivity index (χ1) is 9.63. The molecule has 0 aliphatic carbocycles. The van der Waals surface area contributed by atoms with Crippen molar-refractivity contribution in [3.05, 3.63) is 36.1 Å². The summed E-state index contributed by atoms with van der Waals surface area (Å²) in [5, 5.41) is 0. The van der Waals surface area contributed by atoms with Gasteiger partial charge in [0, 0.05) is 13.7 Å². The molecule has 0 spiro atoms. The number of hydrogen-bond donors (Lipinski definition) is 0. The molecule has 3 heteroatoms. The van der Waals surface area contributed by atoms with Crippen LogP contribution in [0.3, 0.4) is 0 Å². The van der Waals surface area contributed by atoms with Crippen molar-refractivity contribution in [3.8, 4) is 0 Å². The first-order valence-electron chi connectivity index (χ1n) is 7.38. The van der Waals surface area contributed by atoms with Gasteiger partial charge in [0.25, 0.3) is 0 Å². The van der Waals surface area contributed by atoms with Crippen LogP contribution in [0.4, 0.5) is 0 Å². The summed E-state index contributed by atoms with van der Waals surface area (Å²) >= 11 is 0. The molecule has 0 radical (unpaired) electrons. The van der Waals surface area contributed by atoms with Crippen molar-refractivity contribution < 1.29 is 14.2 Å². The van der Waals surface area contributed by atoms with Crippen molar-refractivity contribution in [1.82, 2.24) is 0 Å². The Morgan fingerprint density at radius 2 is 1.65 bits per heavy atom. The van der Waals surface area contributed by atoms with E-state index < -0.39 is 0 Å². The summed E-state index contributed by atoms with van der Waals surface area (Å²) in [6.07, 6.45) is 5.18. The molecule has 1 unspecified atom stereocenters. The molecule has 120 valence electrons. The quantitative estimate of drug-likeness (QED) is 0.353. The Kier molecular flexibility index (Phi) is 24.3. The number of hydrogen-bond acceptors (Lipinski definition) is 3. The summed E-state index contributed by atoms with van der Waals surface area (Å²) in [5.41, 5.74) is 1.20. The molecule has 0 amide bonds. The summed E-state index contributed by atoms with van der Waals surface area (Å²) in [4.78, 5) is 0. The molecule has 0 aromatic heterocycles. The number of methoxy groups -OCH3 is 1. The maximum atomic E-state index is 5.50. The van der Waals surface area contributed by atoms with Gasteiger partial charge in [-0.1, -0.05) is 45.9 Å². The monoisotopic (exact) mass is 286 g/mol. The van der Waals surface area contributed by atoms with E-state index in [9.17, 15) is 0 Å². The van der Waals surface area contributed by atoms with Crippen LogP contribution < -0.4 is 0 Å². The van der Waals surface area contributed by atoms with E-state index in [2.05, 4.69) is 6.58 Å². The molecule has 0 aromatic carbocycles. The van der Waals surface area contributed by atoms with E-state index in [1.807, 2.05) is 60.6 Å². The highest BCUT2D eigenvalue weighted by molar-refractivity contribution is 5.18. The summed E-state index contributed by atoms with van der Waals surface area (Å²) in [6.45, 7) is 18.6. The molecule has 20 heavy (non-hydrogen) atoms. The zero-order valence-electron chi connectivity index (χ0n) is 14.7. The van der Waals surface area contributed by atoms with Crippen molar-refractivity contribution in [3.63, 3.8) is 0 Å². The van der Waals surface area contributed by atoms with Gasteiger partial charge in [-0.2, -0.15) is 0 Å². The van der Waals surface area contributed by atoms with Crippen molar-refractivity contribution in [1.29, 1.82) is 0 Å². The highest BCUT2D eigenvalue weighted by Gasteiger charge is 2.06. The minimum absolute atomic E-state index is 0.333. The van der Waals surface area contributed by atoms with Gasteiger partial charge in [-0.25, -0.2) is 0 Å². The molecule has 0 aliphatic heterocycles. The van der Waals surface area contributed by atoms with Crippen molar-refractivity contribution >= 4 is 0 Å². The molecule has 0 saturated heterocycles. The maximum absolute atomic E-state index is 5.50. The highest BCUT2D eigenvalue weighted by Crippen LogP contribution is 2.04. The second-order valence-electron chi connectivity index (χ2n) is 3.45. The summed E-state index contributed by atoms with van der Waals surface area (Å²) in [6, 6.07) is 0. The summed E-state index contributed by atoms with van der Waals surface area (Å²) in [5.74, 6) is 0.711. The average Bonchev–Trinajstić information content (AvgIpc) is 2.50. The number of ether oxygens (including phenoxy) is 3. The standard InChI is InChI=1S/C13H22O3.2C2H6/c1-6-12(9-8-11(3)4)16-10-13(14-5)15-7-2;2*1-2/h6,8-9,13H,1,7,10H2,2-5H3;2*1-2H3/b12-9+;;. The zero-order chi connectivity index (χ0) is 16.4. The van der Waals surface area contributed by atoms with Crippen LogP contribution in [-0.2, 0) is 14.2 Å². The van der Waals surface area contributed by atoms with Crippen LogP contribution in [0.1, 0.15) is 48.5 Å². The number of allylic oxidation sites excluding steroid dienone is 4. The molecule has 1 atom stereocenters. The van der Waals surface area contributed by atoms with Crippen molar-refractivity contribution in [2.45, 2.75) is 54.8 Å². The third-order valence-corrected chi connectivity index (χ3v) is 1.78. The zero-order valence-corrected chi connectivity index (χ0v) is 14.7. The van der Waals surface area contributed by atoms with Gasteiger partial charge in [-0.05, 0) is 32.9 Å². The van der Waals surface area contributed by atoms with Gasteiger partial charge in [0.05, 0.1) is 0 Å². The van der Waals surface area contributed by atoms with E-state index in [0.29, 0.717) is 19.0 Å². The van der Waals surface area contributed by atoms with E-state index in [1.54, 1.807) is 13.2 Å². The second-order valence-corrected chi connectivity index (χ2v) is 3.45. The van der Waals surface area contributed by atoms with Gasteiger partial charge in [-0.15, -0.1) is 0 Å². The molecule has 0 saturated carbocycles. The number of rotatable bonds is 8. The van der Waals surface area contributed by atoms with E-state index in [-0.39, 0.29) is 6.29 Å². The molecular weight excluding hydrogens is 252 g/mol. The van der Waals surface area contributed by atoms with Crippen molar-refractivity contribution in [2.75, 3.05) is 20.3 Å². The van der Waals surface area contributed by atoms with Crippen LogP contribution in [0.15, 0.2) is 36.1 Å². The second kappa shape index (κ2) is 20.3. The Balaban J connectivity index is -0.000000656. The SMILES string of the molecule is C=C/C(=C\C=C(C)C)OCC(OC)OCC.CC.CC. The largest absolute Gasteiger partial charge is 0.488 e. The van der Waals surface area contributed by atoms with Crippen LogP contribution in [0.5, 0.6) is 0 Å². The van der Waals surface area contributed by atoms with Crippen LogP contribution >= 0.6 is 0 Å². The Morgan fingerprint density at radius 3 is 2.00 bits per heavy atom. The average molecular weight is 286 g/mol. The van der Waals surface area contributed by atoms with Gasteiger partial charge in [0.2, 0.25) is 0 Å². The van der Waals surface area contributed by atoms with Gasteiger partial charge >= 0.3 is 0 Å². The van der Waals surface area contributed by atoms with E-state index in [4.69, 9.17) is 14.2 Å². The van der Waals surface area contributed by atoms with Crippen LogP contribution in [0, 0.1) is 0 Å². The van der Waals surface area contributed by atoms with Crippen molar-refractivity contribution in [2.24, 2.45) is 0 Å². The molecule has 3 nitrogen and oxygen atoms in total. The Labute approximate surface area is 126 Å². The normalized spacial score (nSPS) is 11.1. The molecular formula is C17H34O3. The van der Waals surface area contributed by atoms with Gasteiger partial charge in [-0.3, -0.25) is 0 Å².